The van der Waals surface area contributed by atoms with Gasteiger partial charge in [0, 0.05) is 31.1 Å². The summed E-state index contributed by atoms with van der Waals surface area (Å²) in [5.41, 5.74) is 0. The fourth-order valence-electron chi connectivity index (χ4n) is 1.30. The fourth-order valence-corrected chi connectivity index (χ4v) is 1.68. The number of hydrogen-bond donors (Lipinski definition) is 0. The molecule has 0 unspecified atom stereocenters. The van der Waals surface area contributed by atoms with E-state index in [0.717, 1.165) is 13.0 Å². The molecule has 0 amide bonds. The lowest BCUT2D eigenvalue weighted by Gasteiger charge is -2.05. The third-order valence-electron chi connectivity index (χ3n) is 2.09. The van der Waals surface area contributed by atoms with Crippen molar-refractivity contribution in [2.75, 3.05) is 12.0 Å². The van der Waals surface area contributed by atoms with Crippen molar-refractivity contribution in [1.29, 1.82) is 0 Å². The maximum atomic E-state index is 4.36. The summed E-state index contributed by atoms with van der Waals surface area (Å²) in [6, 6.07) is 0. The summed E-state index contributed by atoms with van der Waals surface area (Å²) in [5, 5.41) is 0. The van der Waals surface area contributed by atoms with Crippen molar-refractivity contribution < 1.29 is 0 Å². The lowest BCUT2D eigenvalue weighted by molar-refractivity contribution is 0.666. The predicted molar refractivity (Wildman–Crippen MR) is 59.2 cm³/mol. The molecule has 0 N–H and O–H groups in total. The van der Waals surface area contributed by atoms with Crippen molar-refractivity contribution in [1.82, 2.24) is 9.55 Å². The molecule has 0 bridgehead atoms. The number of rotatable bonds is 6. The first kappa shape index (κ1) is 10.6. The second-order valence-corrected chi connectivity index (χ2v) is 4.12. The molecule has 0 spiro atoms. The minimum atomic E-state index is 1.10. The minimum absolute atomic E-state index is 1.10. The molecular weight excluding hydrogens is 180 g/mol. The maximum absolute atomic E-state index is 4.36. The average molecular weight is 198 g/mol. The average Bonchev–Trinajstić information content (AvgIpc) is 2.59. The van der Waals surface area contributed by atoms with E-state index in [1.54, 1.807) is 0 Å². The van der Waals surface area contributed by atoms with Crippen molar-refractivity contribution in [3.05, 3.63) is 18.2 Å². The number of unbranched alkanes of at least 4 members (excludes halogenated alkanes) is 1. The van der Waals surface area contributed by atoms with Crippen molar-refractivity contribution in [3.8, 4) is 0 Å². The Morgan fingerprint density at radius 3 is 3.08 bits per heavy atom. The fraction of sp³-hybridized carbons (Fsp3) is 0.700. The third kappa shape index (κ3) is 3.43. The third-order valence-corrected chi connectivity index (χ3v) is 2.68. The van der Waals surface area contributed by atoms with Crippen LogP contribution >= 0.6 is 11.8 Å². The van der Waals surface area contributed by atoms with Crippen LogP contribution in [0.2, 0.25) is 0 Å². The molecule has 0 saturated heterocycles. The Morgan fingerprint density at radius 2 is 2.38 bits per heavy atom. The van der Waals surface area contributed by atoms with E-state index in [0.29, 0.717) is 0 Å². The summed E-state index contributed by atoms with van der Waals surface area (Å²) >= 11 is 1.88. The van der Waals surface area contributed by atoms with Crippen LogP contribution in [0.15, 0.2) is 12.4 Å². The SMILES string of the molecule is CCCCc1nccn1CCSC. The molecule has 1 aromatic rings. The number of imidazole rings is 1. The molecule has 1 heterocycles. The van der Waals surface area contributed by atoms with Crippen LogP contribution < -0.4 is 0 Å². The number of aromatic nitrogens is 2. The van der Waals surface area contributed by atoms with Gasteiger partial charge >= 0.3 is 0 Å². The molecule has 0 fully saturated rings. The lowest BCUT2D eigenvalue weighted by Crippen LogP contribution is -2.04. The molecule has 0 aliphatic heterocycles. The van der Waals surface area contributed by atoms with Gasteiger partial charge in [0.15, 0.2) is 0 Å². The van der Waals surface area contributed by atoms with Crippen LogP contribution in [0.1, 0.15) is 25.6 Å². The minimum Gasteiger partial charge on any atom is -0.334 e. The lowest BCUT2D eigenvalue weighted by atomic mass is 10.2. The van der Waals surface area contributed by atoms with Crippen LogP contribution in [-0.2, 0) is 13.0 Å². The molecule has 1 aromatic heterocycles. The molecule has 0 atom stereocenters. The van der Waals surface area contributed by atoms with Gasteiger partial charge in [-0.2, -0.15) is 11.8 Å². The summed E-state index contributed by atoms with van der Waals surface area (Å²) < 4.78 is 2.27. The molecular formula is C10H18N2S. The Bertz CT molecular complexity index is 210. The quantitative estimate of drug-likeness (QED) is 0.699. The van der Waals surface area contributed by atoms with E-state index in [9.17, 15) is 0 Å². The Balaban J connectivity index is 2.45. The first-order valence-electron chi connectivity index (χ1n) is 4.87. The van der Waals surface area contributed by atoms with Gasteiger partial charge in [-0.25, -0.2) is 4.98 Å². The van der Waals surface area contributed by atoms with E-state index in [4.69, 9.17) is 0 Å². The van der Waals surface area contributed by atoms with E-state index < -0.39 is 0 Å². The Hall–Kier alpha value is -0.440. The Kier molecular flexibility index (Phi) is 4.98. The van der Waals surface area contributed by atoms with Gasteiger partial charge in [-0.3, -0.25) is 0 Å². The molecule has 0 aliphatic carbocycles. The molecule has 74 valence electrons. The maximum Gasteiger partial charge on any atom is 0.108 e. The molecule has 0 aliphatic rings. The van der Waals surface area contributed by atoms with Gasteiger partial charge < -0.3 is 4.57 Å². The monoisotopic (exact) mass is 198 g/mol. The van der Waals surface area contributed by atoms with Gasteiger partial charge in [-0.1, -0.05) is 13.3 Å². The second kappa shape index (κ2) is 6.08. The van der Waals surface area contributed by atoms with Crippen LogP contribution in [0.4, 0.5) is 0 Å². The van der Waals surface area contributed by atoms with E-state index in [1.165, 1.54) is 24.4 Å². The van der Waals surface area contributed by atoms with Crippen LogP contribution in [0.5, 0.6) is 0 Å². The van der Waals surface area contributed by atoms with E-state index in [-0.39, 0.29) is 0 Å². The van der Waals surface area contributed by atoms with Crippen molar-refractivity contribution in [3.63, 3.8) is 0 Å². The first-order chi connectivity index (χ1) is 6.38. The van der Waals surface area contributed by atoms with E-state index in [2.05, 4.69) is 28.9 Å². The molecule has 1 rings (SSSR count). The number of thioether (sulfide) groups is 1. The van der Waals surface area contributed by atoms with Gasteiger partial charge in [-0.15, -0.1) is 0 Å². The Morgan fingerprint density at radius 1 is 1.54 bits per heavy atom. The van der Waals surface area contributed by atoms with Gasteiger partial charge in [-0.05, 0) is 12.7 Å². The van der Waals surface area contributed by atoms with Gasteiger partial charge in [0.25, 0.3) is 0 Å². The highest BCUT2D eigenvalue weighted by Crippen LogP contribution is 2.04. The van der Waals surface area contributed by atoms with Gasteiger partial charge in [0.1, 0.15) is 5.82 Å². The van der Waals surface area contributed by atoms with Crippen LogP contribution in [-0.4, -0.2) is 21.6 Å². The van der Waals surface area contributed by atoms with E-state index >= 15 is 0 Å². The van der Waals surface area contributed by atoms with E-state index in [1.807, 2.05) is 18.0 Å². The van der Waals surface area contributed by atoms with Crippen LogP contribution in [0.3, 0.4) is 0 Å². The highest BCUT2D eigenvalue weighted by atomic mass is 32.2. The largest absolute Gasteiger partial charge is 0.334 e. The highest BCUT2D eigenvalue weighted by Gasteiger charge is 2.00. The molecule has 13 heavy (non-hydrogen) atoms. The van der Waals surface area contributed by atoms with Gasteiger partial charge in [0.2, 0.25) is 0 Å². The highest BCUT2D eigenvalue weighted by molar-refractivity contribution is 7.98. The summed E-state index contributed by atoms with van der Waals surface area (Å²) in [5.74, 6) is 2.42. The molecule has 0 radical (unpaired) electrons. The number of hydrogen-bond acceptors (Lipinski definition) is 2. The van der Waals surface area contributed by atoms with Crippen LogP contribution in [0, 0.1) is 0 Å². The normalized spacial score (nSPS) is 10.6. The number of nitrogens with zero attached hydrogens (tertiary/aromatic N) is 2. The van der Waals surface area contributed by atoms with Crippen LogP contribution in [0.25, 0.3) is 0 Å². The second-order valence-electron chi connectivity index (χ2n) is 3.13. The topological polar surface area (TPSA) is 17.8 Å². The summed E-state index contributed by atoms with van der Waals surface area (Å²) in [6.07, 6.45) is 9.75. The standard InChI is InChI=1S/C10H18N2S/c1-3-4-5-10-11-6-7-12(10)8-9-13-2/h6-7H,3-5,8-9H2,1-2H3. The molecule has 2 nitrogen and oxygen atoms in total. The Labute approximate surface area is 84.7 Å². The van der Waals surface area contributed by atoms with Crippen molar-refractivity contribution in [2.45, 2.75) is 32.7 Å². The summed E-state index contributed by atoms with van der Waals surface area (Å²) in [4.78, 5) is 4.36. The van der Waals surface area contributed by atoms with Crippen molar-refractivity contribution >= 4 is 11.8 Å². The first-order valence-corrected chi connectivity index (χ1v) is 6.26. The number of aryl methyl sites for hydroxylation is 2. The smallest absolute Gasteiger partial charge is 0.108 e. The summed E-state index contributed by atoms with van der Waals surface area (Å²) in [7, 11) is 0. The zero-order valence-electron chi connectivity index (χ0n) is 8.49. The predicted octanol–water partition coefficient (Wildman–Crippen LogP) is 2.59. The zero-order chi connectivity index (χ0) is 9.52. The zero-order valence-corrected chi connectivity index (χ0v) is 9.31. The van der Waals surface area contributed by atoms with Crippen molar-refractivity contribution in [2.24, 2.45) is 0 Å². The summed E-state index contributed by atoms with van der Waals surface area (Å²) in [6.45, 7) is 3.31. The van der Waals surface area contributed by atoms with Gasteiger partial charge in [0.05, 0.1) is 0 Å². The molecule has 0 saturated carbocycles. The molecule has 3 heteroatoms. The molecule has 0 aromatic carbocycles.